The van der Waals surface area contributed by atoms with Gasteiger partial charge >= 0.3 is 0 Å². The van der Waals surface area contributed by atoms with Gasteiger partial charge in [0.15, 0.2) is 0 Å². The molecule has 2 rings (SSSR count). The summed E-state index contributed by atoms with van der Waals surface area (Å²) in [5.41, 5.74) is 6.96. The van der Waals surface area contributed by atoms with Crippen LogP contribution in [0.1, 0.15) is 24.8 Å². The summed E-state index contributed by atoms with van der Waals surface area (Å²) in [6, 6.07) is 4.04. The second kappa shape index (κ2) is 5.12. The van der Waals surface area contributed by atoms with Crippen LogP contribution in [0.4, 0.5) is 5.82 Å². The fourth-order valence-corrected chi connectivity index (χ4v) is 2.19. The molecule has 0 spiro atoms. The molecule has 1 unspecified atom stereocenters. The Morgan fingerprint density at radius 3 is 3.20 bits per heavy atom. The Morgan fingerprint density at radius 2 is 2.47 bits per heavy atom. The monoisotopic (exact) mass is 205 g/mol. The van der Waals surface area contributed by atoms with Gasteiger partial charge in [0, 0.05) is 6.20 Å². The van der Waals surface area contributed by atoms with Gasteiger partial charge in [-0.25, -0.2) is 4.98 Å². The minimum absolute atomic E-state index is 0.634. The topological polar surface area (TPSA) is 50.9 Å². The van der Waals surface area contributed by atoms with Crippen LogP contribution in [0.3, 0.4) is 0 Å². The first-order valence-corrected chi connectivity index (χ1v) is 5.76. The number of piperidine rings is 1. The average Bonchev–Trinajstić information content (AvgIpc) is 2.28. The van der Waals surface area contributed by atoms with Gasteiger partial charge in [-0.15, -0.1) is 0 Å². The van der Waals surface area contributed by atoms with Crippen LogP contribution in [-0.4, -0.2) is 18.1 Å². The summed E-state index contributed by atoms with van der Waals surface area (Å²) in [5, 5.41) is 3.45. The first kappa shape index (κ1) is 10.4. The van der Waals surface area contributed by atoms with E-state index in [2.05, 4.69) is 16.4 Å². The minimum atomic E-state index is 0.634. The van der Waals surface area contributed by atoms with E-state index in [1.54, 1.807) is 6.20 Å². The van der Waals surface area contributed by atoms with E-state index < -0.39 is 0 Å². The standard InChI is InChI=1S/C12H19N3/c13-12-8-10(5-7-15-12)3-4-11-2-1-6-14-9-11/h5,7-8,11,14H,1-4,6,9H2,(H2,13,15). The number of anilines is 1. The summed E-state index contributed by atoms with van der Waals surface area (Å²) < 4.78 is 0. The summed E-state index contributed by atoms with van der Waals surface area (Å²) in [4.78, 5) is 4.00. The number of aryl methyl sites for hydroxylation is 1. The molecule has 1 aliphatic rings. The normalized spacial score (nSPS) is 21.5. The van der Waals surface area contributed by atoms with Gasteiger partial charge in [-0.05, 0) is 62.4 Å². The Labute approximate surface area is 91.1 Å². The lowest BCUT2D eigenvalue weighted by Crippen LogP contribution is -2.29. The van der Waals surface area contributed by atoms with Crippen LogP contribution in [0.5, 0.6) is 0 Å². The molecule has 2 heterocycles. The third-order valence-corrected chi connectivity index (χ3v) is 3.09. The molecule has 0 aromatic carbocycles. The zero-order chi connectivity index (χ0) is 10.5. The molecule has 1 atom stereocenters. The highest BCUT2D eigenvalue weighted by molar-refractivity contribution is 5.31. The molecule has 1 aromatic heterocycles. The van der Waals surface area contributed by atoms with Gasteiger partial charge in [0.25, 0.3) is 0 Å². The SMILES string of the molecule is Nc1cc(CCC2CCCNC2)ccn1. The highest BCUT2D eigenvalue weighted by atomic mass is 14.9. The quantitative estimate of drug-likeness (QED) is 0.788. The van der Waals surface area contributed by atoms with Crippen LogP contribution < -0.4 is 11.1 Å². The predicted molar refractivity (Wildman–Crippen MR) is 62.6 cm³/mol. The van der Waals surface area contributed by atoms with Crippen molar-refractivity contribution < 1.29 is 0 Å². The third kappa shape index (κ3) is 3.20. The fraction of sp³-hybridized carbons (Fsp3) is 0.583. The molecule has 15 heavy (non-hydrogen) atoms. The van der Waals surface area contributed by atoms with Crippen LogP contribution in [0.25, 0.3) is 0 Å². The number of rotatable bonds is 3. The van der Waals surface area contributed by atoms with E-state index in [0.717, 1.165) is 12.3 Å². The molecule has 0 bridgehead atoms. The highest BCUT2D eigenvalue weighted by Gasteiger charge is 2.12. The van der Waals surface area contributed by atoms with E-state index in [-0.39, 0.29) is 0 Å². The van der Waals surface area contributed by atoms with Crippen molar-refractivity contribution in [2.45, 2.75) is 25.7 Å². The van der Waals surface area contributed by atoms with Crippen molar-refractivity contribution >= 4 is 5.82 Å². The first-order valence-electron chi connectivity index (χ1n) is 5.76. The molecule has 3 N–H and O–H groups in total. The van der Waals surface area contributed by atoms with Crippen LogP contribution in [0.2, 0.25) is 0 Å². The number of hydrogen-bond acceptors (Lipinski definition) is 3. The lowest BCUT2D eigenvalue weighted by molar-refractivity contribution is 0.358. The maximum Gasteiger partial charge on any atom is 0.123 e. The lowest BCUT2D eigenvalue weighted by Gasteiger charge is -2.22. The maximum absolute atomic E-state index is 5.64. The molecule has 1 aliphatic heterocycles. The second-order valence-electron chi connectivity index (χ2n) is 4.34. The van der Waals surface area contributed by atoms with Crippen molar-refractivity contribution in [3.05, 3.63) is 23.9 Å². The molecule has 82 valence electrons. The van der Waals surface area contributed by atoms with E-state index in [4.69, 9.17) is 5.73 Å². The molecule has 3 nitrogen and oxygen atoms in total. The Kier molecular flexibility index (Phi) is 3.56. The zero-order valence-electron chi connectivity index (χ0n) is 9.08. The predicted octanol–water partition coefficient (Wildman–Crippen LogP) is 1.60. The van der Waals surface area contributed by atoms with Crippen molar-refractivity contribution in [1.29, 1.82) is 0 Å². The molecule has 0 aliphatic carbocycles. The Bertz CT molecular complexity index is 305. The molecule has 3 heteroatoms. The van der Waals surface area contributed by atoms with Gasteiger partial charge in [-0.3, -0.25) is 0 Å². The molecule has 1 fully saturated rings. The van der Waals surface area contributed by atoms with Crippen molar-refractivity contribution in [3.8, 4) is 0 Å². The molecule has 0 amide bonds. The smallest absolute Gasteiger partial charge is 0.123 e. The Balaban J connectivity index is 1.81. The first-order chi connectivity index (χ1) is 7.34. The van der Waals surface area contributed by atoms with Crippen LogP contribution in [0, 0.1) is 5.92 Å². The molecule has 0 saturated carbocycles. The van der Waals surface area contributed by atoms with Crippen molar-refractivity contribution in [3.63, 3.8) is 0 Å². The maximum atomic E-state index is 5.64. The fourth-order valence-electron chi connectivity index (χ4n) is 2.19. The molecular formula is C12H19N3. The largest absolute Gasteiger partial charge is 0.384 e. The number of nitrogens with two attached hydrogens (primary N) is 1. The minimum Gasteiger partial charge on any atom is -0.384 e. The van der Waals surface area contributed by atoms with Crippen LogP contribution >= 0.6 is 0 Å². The average molecular weight is 205 g/mol. The number of nitrogens with zero attached hydrogens (tertiary/aromatic N) is 1. The Morgan fingerprint density at radius 1 is 1.53 bits per heavy atom. The van der Waals surface area contributed by atoms with Crippen molar-refractivity contribution in [1.82, 2.24) is 10.3 Å². The Hall–Kier alpha value is -1.09. The zero-order valence-corrected chi connectivity index (χ0v) is 9.08. The number of aromatic nitrogens is 1. The molecule has 1 aromatic rings. The van der Waals surface area contributed by atoms with E-state index in [1.807, 2.05) is 6.07 Å². The summed E-state index contributed by atoms with van der Waals surface area (Å²) in [7, 11) is 0. The third-order valence-electron chi connectivity index (χ3n) is 3.09. The van der Waals surface area contributed by atoms with E-state index in [9.17, 15) is 0 Å². The lowest BCUT2D eigenvalue weighted by atomic mass is 9.93. The molecular weight excluding hydrogens is 186 g/mol. The van der Waals surface area contributed by atoms with Crippen molar-refractivity contribution in [2.24, 2.45) is 5.92 Å². The van der Waals surface area contributed by atoms with E-state index in [0.29, 0.717) is 5.82 Å². The molecule has 1 saturated heterocycles. The second-order valence-corrected chi connectivity index (χ2v) is 4.34. The van der Waals surface area contributed by atoms with Gasteiger partial charge in [0.05, 0.1) is 0 Å². The number of hydrogen-bond donors (Lipinski definition) is 2. The van der Waals surface area contributed by atoms with Crippen molar-refractivity contribution in [2.75, 3.05) is 18.8 Å². The van der Waals surface area contributed by atoms with Gasteiger partial charge in [0.2, 0.25) is 0 Å². The van der Waals surface area contributed by atoms with Crippen LogP contribution in [-0.2, 0) is 6.42 Å². The summed E-state index contributed by atoms with van der Waals surface area (Å²) >= 11 is 0. The highest BCUT2D eigenvalue weighted by Crippen LogP contribution is 2.17. The number of pyridine rings is 1. The summed E-state index contributed by atoms with van der Waals surface area (Å²) in [6.45, 7) is 2.37. The summed E-state index contributed by atoms with van der Waals surface area (Å²) in [5.74, 6) is 1.47. The summed E-state index contributed by atoms with van der Waals surface area (Å²) in [6.07, 6.45) is 6.87. The van der Waals surface area contributed by atoms with E-state index >= 15 is 0 Å². The van der Waals surface area contributed by atoms with Gasteiger partial charge in [-0.1, -0.05) is 0 Å². The number of nitrogens with one attached hydrogen (secondary N) is 1. The number of nitrogen functional groups attached to an aromatic ring is 1. The van der Waals surface area contributed by atoms with Gasteiger partial charge in [0.1, 0.15) is 5.82 Å². The van der Waals surface area contributed by atoms with Gasteiger partial charge in [-0.2, -0.15) is 0 Å². The van der Waals surface area contributed by atoms with Gasteiger partial charge < -0.3 is 11.1 Å². The molecule has 0 radical (unpaired) electrons. The van der Waals surface area contributed by atoms with E-state index in [1.165, 1.54) is 37.9 Å². The van der Waals surface area contributed by atoms with Crippen LogP contribution in [0.15, 0.2) is 18.3 Å².